The lowest BCUT2D eigenvalue weighted by atomic mass is 10.2. The van der Waals surface area contributed by atoms with E-state index in [0.29, 0.717) is 16.4 Å². The largest absolute Gasteiger partial charge is 0.300 e. The van der Waals surface area contributed by atoms with Crippen LogP contribution in [0.3, 0.4) is 0 Å². The van der Waals surface area contributed by atoms with Gasteiger partial charge in [0.25, 0.3) is 5.24 Å². The second-order valence-corrected chi connectivity index (χ2v) is 7.51. The van der Waals surface area contributed by atoms with Crippen LogP contribution in [0.5, 0.6) is 0 Å². The lowest BCUT2D eigenvalue weighted by molar-refractivity contribution is 0.265. The summed E-state index contributed by atoms with van der Waals surface area (Å²) < 4.78 is 22.5. The molecule has 2 aromatic carbocycles. The van der Waals surface area contributed by atoms with Gasteiger partial charge in [-0.1, -0.05) is 30.3 Å². The van der Waals surface area contributed by atoms with Gasteiger partial charge in [-0.25, -0.2) is 18.5 Å². The predicted molar refractivity (Wildman–Crippen MR) is 95.5 cm³/mol. The monoisotopic (exact) mass is 359 g/mol. The number of benzene rings is 2. The van der Waals surface area contributed by atoms with Crippen LogP contribution in [0.25, 0.3) is 6.08 Å². The molecule has 0 spiro atoms. The normalized spacial score (nSPS) is 18.1. The number of hydrogen-bond donors (Lipinski definition) is 2. The Bertz CT molecular complexity index is 934. The van der Waals surface area contributed by atoms with Gasteiger partial charge >= 0.3 is 0 Å². The van der Waals surface area contributed by atoms with E-state index < -0.39 is 10.0 Å². The molecule has 2 aromatic rings. The van der Waals surface area contributed by atoms with Crippen LogP contribution in [-0.4, -0.2) is 19.5 Å². The summed E-state index contributed by atoms with van der Waals surface area (Å²) in [6, 6.07) is 15.4. The number of thioether (sulfide) groups is 1. The molecule has 1 amide bonds. The maximum Gasteiger partial charge on any atom is 0.289 e. The van der Waals surface area contributed by atoms with Crippen molar-refractivity contribution >= 4 is 44.6 Å². The van der Waals surface area contributed by atoms with Crippen LogP contribution >= 0.6 is 11.8 Å². The zero-order chi connectivity index (χ0) is 17.2. The molecule has 8 heteroatoms. The fraction of sp³-hybridized carbons (Fsp3) is 0. The van der Waals surface area contributed by atoms with E-state index >= 15 is 0 Å². The van der Waals surface area contributed by atoms with Gasteiger partial charge in [-0.05, 0) is 47.7 Å². The molecular weight excluding hydrogens is 346 g/mol. The number of hydrogen-bond acceptors (Lipinski definition) is 5. The molecule has 1 heterocycles. The topological polar surface area (TPSA) is 102 Å². The highest BCUT2D eigenvalue weighted by molar-refractivity contribution is 8.18. The molecule has 1 aliphatic rings. The van der Waals surface area contributed by atoms with Crippen molar-refractivity contribution in [2.75, 3.05) is 0 Å². The molecule has 0 aromatic heterocycles. The molecule has 0 aliphatic carbocycles. The molecule has 24 heavy (non-hydrogen) atoms. The standard InChI is InChI=1S/C16H13N3O3S2/c17-24(21,22)13-8-6-12(7-9-13)18-15-14(23-16(20)19-15)10-11-4-2-1-3-5-11/h1-10H,(H2,17,21,22)(H,18,19,20)/b14-10-. The third-order valence-corrected chi connectivity index (χ3v) is 4.91. The maximum atomic E-state index is 11.7. The number of nitrogens with one attached hydrogen (secondary N) is 1. The first-order chi connectivity index (χ1) is 11.4. The van der Waals surface area contributed by atoms with Gasteiger partial charge in [-0.2, -0.15) is 0 Å². The van der Waals surface area contributed by atoms with Crippen LogP contribution in [0.1, 0.15) is 5.56 Å². The minimum atomic E-state index is -3.74. The predicted octanol–water partition coefficient (Wildman–Crippen LogP) is 2.86. The minimum absolute atomic E-state index is 0.0105. The summed E-state index contributed by atoms with van der Waals surface area (Å²) in [6.07, 6.45) is 1.86. The van der Waals surface area contributed by atoms with Crippen LogP contribution in [-0.2, 0) is 10.0 Å². The zero-order valence-electron chi connectivity index (χ0n) is 12.3. The molecule has 0 unspecified atom stereocenters. The number of sulfonamides is 1. The molecular formula is C16H13N3O3S2. The van der Waals surface area contributed by atoms with Gasteiger partial charge in [0.15, 0.2) is 0 Å². The van der Waals surface area contributed by atoms with E-state index in [-0.39, 0.29) is 10.1 Å². The molecule has 1 fully saturated rings. The smallest absolute Gasteiger partial charge is 0.289 e. The van der Waals surface area contributed by atoms with Gasteiger partial charge in [0, 0.05) is 0 Å². The van der Waals surface area contributed by atoms with Gasteiger partial charge in [-0.15, -0.1) is 0 Å². The highest BCUT2D eigenvalue weighted by atomic mass is 32.2. The number of primary sulfonamides is 1. The number of carbonyl (C=O) groups excluding carboxylic acids is 1. The van der Waals surface area contributed by atoms with E-state index in [2.05, 4.69) is 10.3 Å². The number of amides is 1. The molecule has 1 aliphatic heterocycles. The summed E-state index contributed by atoms with van der Waals surface area (Å²) in [5.74, 6) is 0.428. The summed E-state index contributed by atoms with van der Waals surface area (Å²) >= 11 is 1.06. The number of nitrogens with zero attached hydrogens (tertiary/aromatic N) is 1. The van der Waals surface area contributed by atoms with Gasteiger partial charge < -0.3 is 5.32 Å². The van der Waals surface area contributed by atoms with E-state index in [1.165, 1.54) is 24.3 Å². The van der Waals surface area contributed by atoms with Crippen LogP contribution in [0.2, 0.25) is 0 Å². The van der Waals surface area contributed by atoms with E-state index in [1.54, 1.807) is 0 Å². The molecule has 0 bridgehead atoms. The first-order valence-electron chi connectivity index (χ1n) is 6.89. The highest BCUT2D eigenvalue weighted by Crippen LogP contribution is 2.28. The molecule has 3 N–H and O–H groups in total. The number of rotatable bonds is 3. The van der Waals surface area contributed by atoms with Crippen molar-refractivity contribution < 1.29 is 13.2 Å². The molecule has 0 saturated carbocycles. The highest BCUT2D eigenvalue weighted by Gasteiger charge is 2.23. The number of aliphatic imine (C=N–C) groups is 1. The molecule has 3 rings (SSSR count). The van der Waals surface area contributed by atoms with Crippen molar-refractivity contribution in [3.63, 3.8) is 0 Å². The summed E-state index contributed by atoms with van der Waals surface area (Å²) in [7, 11) is -3.74. The van der Waals surface area contributed by atoms with Gasteiger partial charge in [-0.3, -0.25) is 4.79 Å². The second-order valence-electron chi connectivity index (χ2n) is 4.93. The Morgan fingerprint density at radius 3 is 2.33 bits per heavy atom. The molecule has 0 atom stereocenters. The fourth-order valence-corrected chi connectivity index (χ4v) is 3.30. The van der Waals surface area contributed by atoms with E-state index in [4.69, 9.17) is 5.14 Å². The average molecular weight is 359 g/mol. The first kappa shape index (κ1) is 16.4. The van der Waals surface area contributed by atoms with Crippen molar-refractivity contribution in [2.24, 2.45) is 10.1 Å². The number of nitrogens with two attached hydrogens (primary N) is 1. The summed E-state index contributed by atoms with van der Waals surface area (Å²) in [6.45, 7) is 0. The third-order valence-electron chi connectivity index (χ3n) is 3.16. The molecule has 122 valence electrons. The summed E-state index contributed by atoms with van der Waals surface area (Å²) in [5.41, 5.74) is 1.47. The maximum absolute atomic E-state index is 11.7. The lowest BCUT2D eigenvalue weighted by Crippen LogP contribution is -2.18. The number of amidine groups is 1. The van der Waals surface area contributed by atoms with Gasteiger partial charge in [0.1, 0.15) is 5.84 Å². The Hall–Kier alpha value is -2.42. The SMILES string of the molecule is NS(=O)(=O)c1ccc(N=C2NC(=O)S/C2=C\c2ccccc2)cc1. The second kappa shape index (κ2) is 6.60. The van der Waals surface area contributed by atoms with Crippen molar-refractivity contribution in [3.05, 3.63) is 65.1 Å². The molecule has 0 radical (unpaired) electrons. The van der Waals surface area contributed by atoms with Gasteiger partial charge in [0.05, 0.1) is 15.5 Å². The Kier molecular flexibility index (Phi) is 4.52. The Balaban J connectivity index is 1.93. The first-order valence-corrected chi connectivity index (χ1v) is 9.25. The lowest BCUT2D eigenvalue weighted by Gasteiger charge is -2.01. The Morgan fingerprint density at radius 1 is 1.04 bits per heavy atom. The molecule has 1 saturated heterocycles. The zero-order valence-corrected chi connectivity index (χ0v) is 14.0. The minimum Gasteiger partial charge on any atom is -0.300 e. The van der Waals surface area contributed by atoms with Crippen LogP contribution in [0.4, 0.5) is 10.5 Å². The van der Waals surface area contributed by atoms with Crippen LogP contribution in [0.15, 0.2) is 69.4 Å². The van der Waals surface area contributed by atoms with Crippen molar-refractivity contribution in [1.29, 1.82) is 0 Å². The van der Waals surface area contributed by atoms with Crippen molar-refractivity contribution in [2.45, 2.75) is 4.90 Å². The third kappa shape index (κ3) is 3.91. The quantitative estimate of drug-likeness (QED) is 0.879. The van der Waals surface area contributed by atoms with Crippen molar-refractivity contribution in [3.8, 4) is 0 Å². The number of carbonyl (C=O) groups is 1. The van der Waals surface area contributed by atoms with Crippen LogP contribution < -0.4 is 10.5 Å². The summed E-state index contributed by atoms with van der Waals surface area (Å²) in [4.78, 5) is 16.7. The Labute approximate surface area is 143 Å². The Morgan fingerprint density at radius 2 is 1.71 bits per heavy atom. The summed E-state index contributed by atoms with van der Waals surface area (Å²) in [5, 5.41) is 7.53. The van der Waals surface area contributed by atoms with E-state index in [0.717, 1.165) is 17.3 Å². The van der Waals surface area contributed by atoms with Crippen molar-refractivity contribution in [1.82, 2.24) is 5.32 Å². The van der Waals surface area contributed by atoms with E-state index in [9.17, 15) is 13.2 Å². The van der Waals surface area contributed by atoms with Gasteiger partial charge in [0.2, 0.25) is 10.0 Å². The molecule has 6 nitrogen and oxygen atoms in total. The average Bonchev–Trinajstić information content (AvgIpc) is 2.87. The van der Waals surface area contributed by atoms with E-state index in [1.807, 2.05) is 36.4 Å². The fourth-order valence-electron chi connectivity index (χ4n) is 2.05. The van der Waals surface area contributed by atoms with Crippen LogP contribution in [0, 0.1) is 0 Å².